The van der Waals surface area contributed by atoms with Crippen molar-refractivity contribution in [1.29, 1.82) is 0 Å². The van der Waals surface area contributed by atoms with E-state index in [1.165, 1.54) is 11.1 Å². The van der Waals surface area contributed by atoms with E-state index >= 15 is 0 Å². The number of halogens is 2. The van der Waals surface area contributed by atoms with Crippen molar-refractivity contribution < 1.29 is 4.74 Å². The highest BCUT2D eigenvalue weighted by Gasteiger charge is 2.16. The first-order valence-corrected chi connectivity index (χ1v) is 7.98. The molecule has 21 heavy (non-hydrogen) atoms. The molecule has 0 aromatic heterocycles. The summed E-state index contributed by atoms with van der Waals surface area (Å²) in [6.45, 7) is 2.10. The lowest BCUT2D eigenvalue weighted by Crippen LogP contribution is -2.20. The maximum atomic E-state index is 6.12. The lowest BCUT2D eigenvalue weighted by molar-refractivity contribution is 0.406. The van der Waals surface area contributed by atoms with Crippen LogP contribution < -0.4 is 10.1 Å². The molecule has 0 heterocycles. The van der Waals surface area contributed by atoms with Crippen molar-refractivity contribution in [2.75, 3.05) is 14.2 Å². The molecule has 4 heteroatoms. The Morgan fingerprint density at radius 2 is 2.05 bits per heavy atom. The largest absolute Gasteiger partial charge is 0.496 e. The average molecular weight is 369 g/mol. The molecule has 2 aromatic rings. The van der Waals surface area contributed by atoms with Crippen molar-refractivity contribution in [1.82, 2.24) is 5.32 Å². The molecule has 2 rings (SSSR count). The molecule has 0 aliphatic carbocycles. The molecule has 0 saturated heterocycles. The standard InChI is InChI=1S/C17H19BrClNO/c1-11-5-4-6-14(17(11)18)15(20-2)10-12-9-13(19)7-8-16(12)21-3/h4-9,15,20H,10H2,1-3H3. The van der Waals surface area contributed by atoms with Gasteiger partial charge < -0.3 is 10.1 Å². The van der Waals surface area contributed by atoms with Crippen LogP contribution in [0.2, 0.25) is 5.02 Å². The van der Waals surface area contributed by atoms with E-state index < -0.39 is 0 Å². The maximum absolute atomic E-state index is 6.12. The molecule has 0 radical (unpaired) electrons. The molecule has 0 aliphatic rings. The van der Waals surface area contributed by atoms with Crippen molar-refractivity contribution >= 4 is 27.5 Å². The van der Waals surface area contributed by atoms with E-state index in [1.54, 1.807) is 7.11 Å². The summed E-state index contributed by atoms with van der Waals surface area (Å²) in [6.07, 6.45) is 0.808. The summed E-state index contributed by atoms with van der Waals surface area (Å²) in [6, 6.07) is 12.2. The number of benzene rings is 2. The van der Waals surface area contributed by atoms with Gasteiger partial charge in [0.2, 0.25) is 0 Å². The fraction of sp³-hybridized carbons (Fsp3) is 0.294. The number of hydrogen-bond acceptors (Lipinski definition) is 2. The van der Waals surface area contributed by atoms with Gasteiger partial charge in [0.15, 0.2) is 0 Å². The molecule has 0 amide bonds. The Kier molecular flexibility index (Phi) is 5.68. The lowest BCUT2D eigenvalue weighted by Gasteiger charge is -2.20. The van der Waals surface area contributed by atoms with Gasteiger partial charge in [-0.05, 0) is 55.3 Å². The van der Waals surface area contributed by atoms with Gasteiger partial charge in [-0.15, -0.1) is 0 Å². The van der Waals surface area contributed by atoms with E-state index in [4.69, 9.17) is 16.3 Å². The summed E-state index contributed by atoms with van der Waals surface area (Å²) in [5.74, 6) is 0.864. The summed E-state index contributed by atoms with van der Waals surface area (Å²) >= 11 is 9.81. The normalized spacial score (nSPS) is 12.2. The number of nitrogens with one attached hydrogen (secondary N) is 1. The third kappa shape index (κ3) is 3.79. The number of likely N-dealkylation sites (N-methyl/N-ethyl adjacent to an activating group) is 1. The zero-order valence-corrected chi connectivity index (χ0v) is 14.8. The highest BCUT2D eigenvalue weighted by Crippen LogP contribution is 2.32. The van der Waals surface area contributed by atoms with Crippen molar-refractivity contribution in [3.05, 3.63) is 62.6 Å². The molecule has 0 spiro atoms. The molecule has 0 aliphatic heterocycles. The average Bonchev–Trinajstić information content (AvgIpc) is 2.48. The highest BCUT2D eigenvalue weighted by atomic mass is 79.9. The summed E-state index contributed by atoms with van der Waals surface area (Å²) in [7, 11) is 3.65. The second kappa shape index (κ2) is 7.30. The molecule has 2 aromatic carbocycles. The number of hydrogen-bond donors (Lipinski definition) is 1. The van der Waals surface area contributed by atoms with Gasteiger partial charge >= 0.3 is 0 Å². The summed E-state index contributed by atoms with van der Waals surface area (Å²) in [5, 5.41) is 4.10. The topological polar surface area (TPSA) is 21.3 Å². The van der Waals surface area contributed by atoms with Crippen LogP contribution >= 0.6 is 27.5 Å². The fourth-order valence-corrected chi connectivity index (χ4v) is 3.17. The van der Waals surface area contributed by atoms with E-state index in [2.05, 4.69) is 46.4 Å². The Labute approximate surface area is 139 Å². The quantitative estimate of drug-likeness (QED) is 0.808. The molecule has 1 atom stereocenters. The molecule has 1 unspecified atom stereocenters. The van der Waals surface area contributed by atoms with Crippen LogP contribution in [0.5, 0.6) is 5.75 Å². The predicted octanol–water partition coefficient (Wildman–Crippen LogP) is 4.92. The van der Waals surface area contributed by atoms with Gasteiger partial charge in [0.05, 0.1) is 7.11 Å². The smallest absolute Gasteiger partial charge is 0.122 e. The Balaban J connectivity index is 2.35. The summed E-state index contributed by atoms with van der Waals surface area (Å²) in [4.78, 5) is 0. The molecule has 2 nitrogen and oxygen atoms in total. The van der Waals surface area contributed by atoms with E-state index in [-0.39, 0.29) is 6.04 Å². The first-order chi connectivity index (χ1) is 10.1. The molecular formula is C17H19BrClNO. The van der Waals surface area contributed by atoms with Crippen LogP contribution in [0.4, 0.5) is 0 Å². The first-order valence-electron chi connectivity index (χ1n) is 6.81. The van der Waals surface area contributed by atoms with Crippen LogP contribution in [0.25, 0.3) is 0 Å². The number of methoxy groups -OCH3 is 1. The Hall–Kier alpha value is -1.03. The SMILES string of the molecule is CNC(Cc1cc(Cl)ccc1OC)c1cccc(C)c1Br. The van der Waals surface area contributed by atoms with E-state index in [0.29, 0.717) is 0 Å². The van der Waals surface area contributed by atoms with Crippen LogP contribution in [-0.2, 0) is 6.42 Å². The van der Waals surface area contributed by atoms with E-state index in [9.17, 15) is 0 Å². The van der Waals surface area contributed by atoms with Crippen molar-refractivity contribution in [3.63, 3.8) is 0 Å². The van der Waals surface area contributed by atoms with E-state index in [1.807, 2.05) is 25.2 Å². The molecule has 0 fully saturated rings. The highest BCUT2D eigenvalue weighted by molar-refractivity contribution is 9.10. The van der Waals surface area contributed by atoms with Crippen molar-refractivity contribution in [2.45, 2.75) is 19.4 Å². The third-order valence-corrected chi connectivity index (χ3v) is 4.93. The van der Waals surface area contributed by atoms with Gasteiger partial charge in [-0.3, -0.25) is 0 Å². The van der Waals surface area contributed by atoms with Crippen molar-refractivity contribution in [2.24, 2.45) is 0 Å². The van der Waals surface area contributed by atoms with Gasteiger partial charge in [0.25, 0.3) is 0 Å². The summed E-state index contributed by atoms with van der Waals surface area (Å²) < 4.78 is 6.58. The monoisotopic (exact) mass is 367 g/mol. The molecule has 0 saturated carbocycles. The lowest BCUT2D eigenvalue weighted by atomic mass is 9.97. The van der Waals surface area contributed by atoms with Crippen molar-refractivity contribution in [3.8, 4) is 5.75 Å². The zero-order valence-electron chi connectivity index (χ0n) is 12.4. The minimum atomic E-state index is 0.187. The second-order valence-corrected chi connectivity index (χ2v) is 6.21. The van der Waals surface area contributed by atoms with Crippen LogP contribution in [-0.4, -0.2) is 14.2 Å². The number of aryl methyl sites for hydroxylation is 1. The molecular weight excluding hydrogens is 350 g/mol. The van der Waals surface area contributed by atoms with E-state index in [0.717, 1.165) is 27.2 Å². The Morgan fingerprint density at radius 3 is 2.71 bits per heavy atom. The number of rotatable bonds is 5. The fourth-order valence-electron chi connectivity index (χ4n) is 2.43. The minimum absolute atomic E-state index is 0.187. The Bertz CT molecular complexity index is 630. The molecule has 112 valence electrons. The maximum Gasteiger partial charge on any atom is 0.122 e. The van der Waals surface area contributed by atoms with Crippen LogP contribution in [0.3, 0.4) is 0 Å². The van der Waals surface area contributed by atoms with Gasteiger partial charge in [-0.1, -0.05) is 45.7 Å². The second-order valence-electron chi connectivity index (χ2n) is 4.98. The third-order valence-electron chi connectivity index (χ3n) is 3.61. The van der Waals surface area contributed by atoms with Gasteiger partial charge in [0.1, 0.15) is 5.75 Å². The molecule has 0 bridgehead atoms. The van der Waals surface area contributed by atoms with Gasteiger partial charge in [0, 0.05) is 15.5 Å². The van der Waals surface area contributed by atoms with Crippen LogP contribution in [0.1, 0.15) is 22.7 Å². The van der Waals surface area contributed by atoms with Gasteiger partial charge in [-0.2, -0.15) is 0 Å². The Morgan fingerprint density at radius 1 is 1.29 bits per heavy atom. The minimum Gasteiger partial charge on any atom is -0.496 e. The van der Waals surface area contributed by atoms with Crippen LogP contribution in [0, 0.1) is 6.92 Å². The first kappa shape index (κ1) is 16.3. The van der Waals surface area contributed by atoms with Gasteiger partial charge in [-0.25, -0.2) is 0 Å². The number of ether oxygens (including phenoxy) is 1. The summed E-state index contributed by atoms with van der Waals surface area (Å²) in [5.41, 5.74) is 3.56. The zero-order chi connectivity index (χ0) is 15.4. The van der Waals surface area contributed by atoms with Crippen LogP contribution in [0.15, 0.2) is 40.9 Å². The molecule has 1 N–H and O–H groups in total. The predicted molar refractivity (Wildman–Crippen MR) is 92.4 cm³/mol.